The van der Waals surface area contributed by atoms with Crippen molar-refractivity contribution in [2.75, 3.05) is 7.05 Å². The van der Waals surface area contributed by atoms with E-state index in [2.05, 4.69) is 10.2 Å². The number of hydrogen-bond donors (Lipinski definition) is 0. The third kappa shape index (κ3) is 5.07. The maximum atomic E-state index is 13.3. The highest BCUT2D eigenvalue weighted by Gasteiger charge is 2.30. The monoisotopic (exact) mass is 555 g/mol. The minimum absolute atomic E-state index is 0.0506. The van der Waals surface area contributed by atoms with Gasteiger partial charge in [0.1, 0.15) is 5.69 Å². The quantitative estimate of drug-likeness (QED) is 0.233. The molecule has 0 aliphatic carbocycles. The Bertz CT molecular complexity index is 1630. The van der Waals surface area contributed by atoms with Crippen LogP contribution in [0.5, 0.6) is 0 Å². The maximum Gasteiger partial charge on any atom is 0.416 e. The Labute approximate surface area is 225 Å². The van der Waals surface area contributed by atoms with Gasteiger partial charge in [-0.1, -0.05) is 65.7 Å². The van der Waals surface area contributed by atoms with E-state index in [1.165, 1.54) is 28.6 Å². The van der Waals surface area contributed by atoms with E-state index in [0.29, 0.717) is 38.1 Å². The van der Waals surface area contributed by atoms with Crippen LogP contribution in [0, 0.1) is 0 Å². The van der Waals surface area contributed by atoms with Crippen LogP contribution in [-0.4, -0.2) is 37.7 Å². The topological polar surface area (TPSA) is 63.4 Å². The van der Waals surface area contributed by atoms with Gasteiger partial charge in [-0.25, -0.2) is 0 Å². The number of nitrogens with zero attached hydrogens (tertiary/aromatic N) is 5. The van der Waals surface area contributed by atoms with E-state index < -0.39 is 17.6 Å². The molecule has 3 aromatic carbocycles. The maximum absolute atomic E-state index is 13.3. The molecule has 0 aliphatic rings. The molecule has 38 heavy (non-hydrogen) atoms. The van der Waals surface area contributed by atoms with Crippen LogP contribution in [0.15, 0.2) is 78.9 Å². The van der Waals surface area contributed by atoms with Gasteiger partial charge in [0.15, 0.2) is 5.65 Å². The van der Waals surface area contributed by atoms with Gasteiger partial charge in [0.25, 0.3) is 5.91 Å². The van der Waals surface area contributed by atoms with Crippen LogP contribution in [0.3, 0.4) is 0 Å². The van der Waals surface area contributed by atoms with Crippen molar-refractivity contribution in [1.82, 2.24) is 24.7 Å². The third-order valence-electron chi connectivity index (χ3n) is 5.92. The highest BCUT2D eigenvalue weighted by atomic mass is 35.5. The largest absolute Gasteiger partial charge is 0.416 e. The van der Waals surface area contributed by atoms with Crippen molar-refractivity contribution in [1.29, 1.82) is 0 Å². The summed E-state index contributed by atoms with van der Waals surface area (Å²) in [5, 5.41) is 14.0. The van der Waals surface area contributed by atoms with Gasteiger partial charge < -0.3 is 4.90 Å². The number of fused-ring (bicyclic) bond motifs is 1. The van der Waals surface area contributed by atoms with Gasteiger partial charge in [-0.2, -0.15) is 22.8 Å². The molecule has 0 saturated carbocycles. The summed E-state index contributed by atoms with van der Waals surface area (Å²) >= 11 is 12.6. The van der Waals surface area contributed by atoms with Gasteiger partial charge >= 0.3 is 6.18 Å². The van der Waals surface area contributed by atoms with Crippen LogP contribution in [0.1, 0.15) is 21.7 Å². The number of alkyl halides is 3. The predicted molar refractivity (Wildman–Crippen MR) is 139 cm³/mol. The first-order valence-electron chi connectivity index (χ1n) is 11.3. The molecule has 0 radical (unpaired) electrons. The number of halogens is 5. The highest BCUT2D eigenvalue weighted by molar-refractivity contribution is 6.33. The minimum Gasteiger partial charge on any atom is -0.335 e. The molecule has 0 bridgehead atoms. The van der Waals surface area contributed by atoms with E-state index in [-0.39, 0.29) is 12.4 Å². The van der Waals surface area contributed by atoms with Gasteiger partial charge in [-0.15, -0.1) is 10.2 Å². The van der Waals surface area contributed by atoms with Crippen LogP contribution in [-0.2, 0) is 12.7 Å². The van der Waals surface area contributed by atoms with Crippen molar-refractivity contribution in [3.8, 4) is 22.4 Å². The fraction of sp³-hybridized carbons (Fsp3) is 0.111. The Morgan fingerprint density at radius 3 is 2.26 bits per heavy atom. The van der Waals surface area contributed by atoms with Crippen molar-refractivity contribution in [3.63, 3.8) is 0 Å². The lowest BCUT2D eigenvalue weighted by Crippen LogP contribution is -2.28. The number of hydrogen-bond acceptors (Lipinski definition) is 4. The van der Waals surface area contributed by atoms with Crippen molar-refractivity contribution >= 4 is 34.8 Å². The van der Waals surface area contributed by atoms with Crippen LogP contribution < -0.4 is 0 Å². The van der Waals surface area contributed by atoms with Crippen molar-refractivity contribution in [2.24, 2.45) is 0 Å². The molecule has 0 aliphatic heterocycles. The molecule has 11 heteroatoms. The van der Waals surface area contributed by atoms with E-state index in [1.807, 2.05) is 24.3 Å². The zero-order valence-corrected chi connectivity index (χ0v) is 21.3. The number of amides is 1. The van der Waals surface area contributed by atoms with Gasteiger partial charge in [0.2, 0.25) is 5.82 Å². The molecular formula is C27H18Cl2F3N5O. The molecule has 192 valence electrons. The van der Waals surface area contributed by atoms with Gasteiger partial charge in [0.05, 0.1) is 10.6 Å². The lowest BCUT2D eigenvalue weighted by atomic mass is 10.00. The molecule has 0 spiro atoms. The van der Waals surface area contributed by atoms with Gasteiger partial charge in [-0.3, -0.25) is 4.79 Å². The molecule has 1 amide bonds. The standard InChI is InChI=1S/C27H18Cl2F3N5O/c1-36(15-16-6-10-18(11-7-16)27(30,31)32)26(38)25-34-33-23-14-21(17-8-12-19(28)13-9-17)24(35-37(23)25)20-4-2-3-5-22(20)29/h2-14H,15H2,1H3. The second kappa shape index (κ2) is 10.1. The Morgan fingerprint density at radius 2 is 1.61 bits per heavy atom. The zero-order valence-electron chi connectivity index (χ0n) is 19.7. The molecule has 0 unspecified atom stereocenters. The summed E-state index contributed by atoms with van der Waals surface area (Å²) in [6, 6.07) is 20.8. The number of carbonyl (C=O) groups excluding carboxylic acids is 1. The second-order valence-electron chi connectivity index (χ2n) is 8.54. The molecule has 0 N–H and O–H groups in total. The number of carbonyl (C=O) groups is 1. The SMILES string of the molecule is CN(Cc1ccc(C(F)(F)F)cc1)C(=O)c1nnc2cc(-c3ccc(Cl)cc3)c(-c3ccccc3Cl)nn12. The summed E-state index contributed by atoms with van der Waals surface area (Å²) in [7, 11) is 1.53. The molecule has 2 heterocycles. The highest BCUT2D eigenvalue weighted by Crippen LogP contribution is 2.35. The molecule has 6 nitrogen and oxygen atoms in total. The van der Waals surface area contributed by atoms with Crippen LogP contribution in [0.4, 0.5) is 13.2 Å². The normalized spacial score (nSPS) is 11.6. The fourth-order valence-electron chi connectivity index (χ4n) is 3.98. The molecule has 0 atom stereocenters. The Morgan fingerprint density at radius 1 is 0.921 bits per heavy atom. The number of aromatic nitrogens is 4. The average Bonchev–Trinajstić information content (AvgIpc) is 3.31. The number of benzene rings is 3. The Kier molecular flexibility index (Phi) is 6.81. The lowest BCUT2D eigenvalue weighted by molar-refractivity contribution is -0.137. The minimum atomic E-state index is -4.43. The first-order valence-corrected chi connectivity index (χ1v) is 12.1. The second-order valence-corrected chi connectivity index (χ2v) is 9.39. The van der Waals surface area contributed by atoms with E-state index in [1.54, 1.807) is 30.3 Å². The van der Waals surface area contributed by atoms with Crippen molar-refractivity contribution < 1.29 is 18.0 Å². The summed E-state index contributed by atoms with van der Waals surface area (Å²) in [4.78, 5) is 14.6. The van der Waals surface area contributed by atoms with Crippen LogP contribution >= 0.6 is 23.2 Å². The molecule has 2 aromatic heterocycles. The predicted octanol–water partition coefficient (Wildman–Crippen LogP) is 7.06. The Balaban J connectivity index is 1.53. The molecule has 0 saturated heterocycles. The van der Waals surface area contributed by atoms with Gasteiger partial charge in [-0.05, 0) is 47.5 Å². The van der Waals surface area contributed by atoms with E-state index >= 15 is 0 Å². The lowest BCUT2D eigenvalue weighted by Gasteiger charge is -2.17. The molecule has 5 aromatic rings. The first kappa shape index (κ1) is 25.7. The van der Waals surface area contributed by atoms with Crippen molar-refractivity contribution in [3.05, 3.63) is 106 Å². The third-order valence-corrected chi connectivity index (χ3v) is 6.50. The first-order chi connectivity index (χ1) is 18.1. The summed E-state index contributed by atoms with van der Waals surface area (Å²) in [6.45, 7) is 0.0616. The summed E-state index contributed by atoms with van der Waals surface area (Å²) in [6.07, 6.45) is -4.43. The zero-order chi connectivity index (χ0) is 27.0. The summed E-state index contributed by atoms with van der Waals surface area (Å²) < 4.78 is 40.0. The smallest absolute Gasteiger partial charge is 0.335 e. The van der Waals surface area contributed by atoms with E-state index in [0.717, 1.165) is 17.7 Å². The summed E-state index contributed by atoms with van der Waals surface area (Å²) in [5.74, 6) is -0.556. The fourth-order valence-corrected chi connectivity index (χ4v) is 4.33. The van der Waals surface area contributed by atoms with E-state index in [9.17, 15) is 18.0 Å². The molecular weight excluding hydrogens is 538 g/mol. The molecule has 0 fully saturated rings. The van der Waals surface area contributed by atoms with Crippen LogP contribution in [0.25, 0.3) is 28.0 Å². The Hall–Kier alpha value is -3.95. The summed E-state index contributed by atoms with van der Waals surface area (Å²) in [5.41, 5.74) is 2.78. The number of rotatable bonds is 5. The van der Waals surface area contributed by atoms with Crippen LogP contribution in [0.2, 0.25) is 10.0 Å². The van der Waals surface area contributed by atoms with Gasteiger partial charge in [0, 0.05) is 29.7 Å². The van der Waals surface area contributed by atoms with Crippen molar-refractivity contribution in [2.45, 2.75) is 12.7 Å². The van der Waals surface area contributed by atoms with E-state index in [4.69, 9.17) is 28.3 Å². The average molecular weight is 556 g/mol. The molecule has 5 rings (SSSR count).